The summed E-state index contributed by atoms with van der Waals surface area (Å²) in [5.41, 5.74) is 0.290. The largest absolute Gasteiger partial charge is 0.456 e. The Hall–Kier alpha value is -3.79. The van der Waals surface area contributed by atoms with Crippen LogP contribution in [0.15, 0.2) is 60.7 Å². The first-order valence-corrected chi connectivity index (χ1v) is 10.4. The normalized spacial score (nSPS) is 23.9. The molecule has 1 aliphatic heterocycles. The lowest BCUT2D eigenvalue weighted by molar-refractivity contribution is -0.290. The van der Waals surface area contributed by atoms with Crippen LogP contribution in [0.2, 0.25) is 0 Å². The third-order valence-electron chi connectivity index (χ3n) is 4.83. The van der Waals surface area contributed by atoms with E-state index in [2.05, 4.69) is 0 Å². The van der Waals surface area contributed by atoms with Crippen molar-refractivity contribution in [3.63, 3.8) is 0 Å². The van der Waals surface area contributed by atoms with Crippen LogP contribution in [-0.2, 0) is 33.3 Å². The second-order valence-electron chi connectivity index (χ2n) is 7.35. The van der Waals surface area contributed by atoms with Crippen LogP contribution in [-0.4, -0.2) is 61.3 Å². The number of carbonyl (C=O) groups is 4. The molecule has 0 radical (unpaired) electrons. The van der Waals surface area contributed by atoms with Crippen molar-refractivity contribution in [2.45, 2.75) is 44.6 Å². The number of alkyl halides is 1. The van der Waals surface area contributed by atoms with Crippen LogP contribution in [0.3, 0.4) is 0 Å². The van der Waals surface area contributed by atoms with Crippen LogP contribution in [0.4, 0.5) is 4.39 Å². The predicted octanol–water partition coefficient (Wildman–Crippen LogP) is 2.63. The van der Waals surface area contributed by atoms with Crippen LogP contribution in [0.5, 0.6) is 0 Å². The summed E-state index contributed by atoms with van der Waals surface area (Å²) in [4.78, 5) is 49.0. The highest BCUT2D eigenvalue weighted by molar-refractivity contribution is 5.90. The van der Waals surface area contributed by atoms with E-state index in [9.17, 15) is 23.6 Å². The molecule has 0 amide bonds. The van der Waals surface area contributed by atoms with E-state index in [1.54, 1.807) is 36.4 Å². The van der Waals surface area contributed by atoms with Crippen molar-refractivity contribution in [3.8, 4) is 0 Å². The van der Waals surface area contributed by atoms with Crippen LogP contribution in [0, 0.1) is 0 Å². The van der Waals surface area contributed by atoms with Crippen LogP contribution in [0.25, 0.3) is 0 Å². The topological polar surface area (TPSA) is 114 Å². The van der Waals surface area contributed by atoms with E-state index in [0.29, 0.717) is 0 Å². The molecule has 180 valence electrons. The van der Waals surface area contributed by atoms with E-state index in [-0.39, 0.29) is 11.1 Å². The van der Waals surface area contributed by atoms with Gasteiger partial charge in [-0.1, -0.05) is 36.4 Å². The van der Waals surface area contributed by atoms with Gasteiger partial charge in [-0.3, -0.25) is 9.59 Å². The lowest BCUT2D eigenvalue weighted by atomic mass is 9.98. The number of ether oxygens (including phenoxy) is 5. The molecule has 1 aliphatic rings. The van der Waals surface area contributed by atoms with E-state index < -0.39 is 61.3 Å². The van der Waals surface area contributed by atoms with Crippen molar-refractivity contribution in [1.82, 2.24) is 0 Å². The molecule has 1 saturated heterocycles. The minimum atomic E-state index is -1.63. The zero-order valence-corrected chi connectivity index (χ0v) is 18.4. The summed E-state index contributed by atoms with van der Waals surface area (Å²) >= 11 is 0. The molecule has 0 spiro atoms. The highest BCUT2D eigenvalue weighted by Crippen LogP contribution is 2.31. The fourth-order valence-corrected chi connectivity index (χ4v) is 3.39. The third kappa shape index (κ3) is 6.16. The maximum Gasteiger partial charge on any atom is 0.338 e. The van der Waals surface area contributed by atoms with E-state index in [1.165, 1.54) is 24.3 Å². The Morgan fingerprint density at radius 2 is 1.18 bits per heavy atom. The Kier molecular flexibility index (Phi) is 8.31. The highest BCUT2D eigenvalue weighted by atomic mass is 19.1. The van der Waals surface area contributed by atoms with Gasteiger partial charge in [0.15, 0.2) is 12.2 Å². The van der Waals surface area contributed by atoms with Gasteiger partial charge in [0.1, 0.15) is 12.8 Å². The van der Waals surface area contributed by atoms with Gasteiger partial charge in [-0.15, -0.1) is 0 Å². The average molecular weight is 474 g/mol. The predicted molar refractivity (Wildman–Crippen MR) is 113 cm³/mol. The Morgan fingerprint density at radius 1 is 0.706 bits per heavy atom. The van der Waals surface area contributed by atoms with Crippen LogP contribution in [0.1, 0.15) is 34.6 Å². The van der Waals surface area contributed by atoms with E-state index in [1.807, 2.05) is 0 Å². The molecule has 5 atom stereocenters. The van der Waals surface area contributed by atoms with E-state index in [0.717, 1.165) is 13.8 Å². The molecule has 0 unspecified atom stereocenters. The third-order valence-corrected chi connectivity index (χ3v) is 4.83. The van der Waals surface area contributed by atoms with Crippen LogP contribution >= 0.6 is 0 Å². The zero-order chi connectivity index (χ0) is 24.7. The Morgan fingerprint density at radius 3 is 1.62 bits per heavy atom. The maximum atomic E-state index is 13.9. The first-order valence-electron chi connectivity index (χ1n) is 10.4. The Bertz CT molecular complexity index is 1010. The van der Waals surface area contributed by atoms with Crippen molar-refractivity contribution in [2.75, 3.05) is 6.67 Å². The summed E-state index contributed by atoms with van der Waals surface area (Å²) in [6.07, 6.45) is -7.71. The molecule has 9 nitrogen and oxygen atoms in total. The second-order valence-corrected chi connectivity index (χ2v) is 7.35. The maximum absolute atomic E-state index is 13.9. The molecule has 0 saturated carbocycles. The van der Waals surface area contributed by atoms with Crippen molar-refractivity contribution >= 4 is 23.9 Å². The van der Waals surface area contributed by atoms with E-state index in [4.69, 9.17) is 23.7 Å². The number of carbonyl (C=O) groups excluding carboxylic acids is 4. The van der Waals surface area contributed by atoms with Crippen molar-refractivity contribution in [3.05, 3.63) is 71.8 Å². The molecule has 0 aromatic heterocycles. The molecule has 10 heteroatoms. The molecule has 1 heterocycles. The number of rotatable bonds is 7. The van der Waals surface area contributed by atoms with Gasteiger partial charge < -0.3 is 23.7 Å². The van der Waals surface area contributed by atoms with Crippen molar-refractivity contribution in [2.24, 2.45) is 0 Å². The van der Waals surface area contributed by atoms with Gasteiger partial charge in [0, 0.05) is 13.8 Å². The fraction of sp³-hybridized carbons (Fsp3) is 0.333. The first kappa shape index (κ1) is 24.8. The molecule has 2 aromatic rings. The van der Waals surface area contributed by atoms with E-state index >= 15 is 0 Å². The van der Waals surface area contributed by atoms with Gasteiger partial charge in [-0.25, -0.2) is 14.0 Å². The molecular formula is C24H23FO9. The number of benzene rings is 2. The molecule has 3 rings (SSSR count). The number of esters is 4. The fourth-order valence-electron chi connectivity index (χ4n) is 3.39. The number of hydrogen-bond acceptors (Lipinski definition) is 9. The van der Waals surface area contributed by atoms with Gasteiger partial charge >= 0.3 is 23.9 Å². The first-order chi connectivity index (χ1) is 16.3. The van der Waals surface area contributed by atoms with Crippen LogP contribution < -0.4 is 0 Å². The van der Waals surface area contributed by atoms with Gasteiger partial charge in [-0.05, 0) is 24.3 Å². The summed E-state index contributed by atoms with van der Waals surface area (Å²) in [6, 6.07) is 15.7. The highest BCUT2D eigenvalue weighted by Gasteiger charge is 2.53. The summed E-state index contributed by atoms with van der Waals surface area (Å²) in [6.45, 7) is 0.982. The average Bonchev–Trinajstić information content (AvgIpc) is 2.82. The molecule has 0 aliphatic carbocycles. The van der Waals surface area contributed by atoms with Gasteiger partial charge in [0.2, 0.25) is 12.4 Å². The molecule has 0 N–H and O–H groups in total. The Balaban J connectivity index is 2.00. The lowest BCUT2D eigenvalue weighted by Crippen LogP contribution is -2.62. The smallest absolute Gasteiger partial charge is 0.338 e. The quantitative estimate of drug-likeness (QED) is 0.441. The SMILES string of the molecule is CC(=O)O[C@H]1O[C@H](CF)[C@H](OC(C)=O)[C@H](OC(=O)c2ccccc2)[C@H]1OC(=O)c1ccccc1. The minimum absolute atomic E-state index is 0.143. The van der Waals surface area contributed by atoms with Gasteiger partial charge in [0.05, 0.1) is 11.1 Å². The lowest BCUT2D eigenvalue weighted by Gasteiger charge is -2.43. The monoisotopic (exact) mass is 474 g/mol. The number of halogens is 1. The van der Waals surface area contributed by atoms with Crippen molar-refractivity contribution in [1.29, 1.82) is 0 Å². The molecular weight excluding hydrogens is 451 g/mol. The number of hydrogen-bond donors (Lipinski definition) is 0. The standard InChI is InChI=1S/C24H23FO9/c1-14(26)30-19-18(13-25)32-24(31-15(2)27)21(34-23(29)17-11-7-4-8-12-17)20(19)33-22(28)16-9-5-3-6-10-16/h3-12,18-21,24H,13H2,1-2H3/t18-,19+,20+,21-,24+/m1/s1. The van der Waals surface area contributed by atoms with Crippen molar-refractivity contribution < 1.29 is 47.3 Å². The summed E-state index contributed by atoms with van der Waals surface area (Å²) < 4.78 is 40.7. The summed E-state index contributed by atoms with van der Waals surface area (Å²) in [5, 5.41) is 0. The summed E-state index contributed by atoms with van der Waals surface area (Å²) in [5.74, 6) is -3.34. The Labute approximate surface area is 194 Å². The molecule has 2 aromatic carbocycles. The zero-order valence-electron chi connectivity index (χ0n) is 18.4. The molecule has 34 heavy (non-hydrogen) atoms. The second kappa shape index (κ2) is 11.4. The molecule has 0 bridgehead atoms. The minimum Gasteiger partial charge on any atom is -0.456 e. The molecule has 1 fully saturated rings. The van der Waals surface area contributed by atoms with Gasteiger partial charge in [-0.2, -0.15) is 0 Å². The van der Waals surface area contributed by atoms with Gasteiger partial charge in [0.25, 0.3) is 0 Å². The summed E-state index contributed by atoms with van der Waals surface area (Å²) in [7, 11) is 0.